The van der Waals surface area contributed by atoms with E-state index in [-0.39, 0.29) is 53.8 Å². The first kappa shape index (κ1) is 25.7. The summed E-state index contributed by atoms with van der Waals surface area (Å²) in [5, 5.41) is 70.2. The van der Waals surface area contributed by atoms with E-state index in [1.807, 2.05) is 0 Å². The van der Waals surface area contributed by atoms with Gasteiger partial charge in [-0.2, -0.15) is 0 Å². The molecule has 0 aliphatic carbocycles. The van der Waals surface area contributed by atoms with Crippen molar-refractivity contribution >= 4 is 45.5 Å². The number of nitrogens with zero attached hydrogens (tertiary/aromatic N) is 7. The molecule has 0 saturated heterocycles. The Kier molecular flexibility index (Phi) is 7.73. The molecule has 0 amide bonds. The smallest absolute Gasteiger partial charge is 0.635 e. The molecule has 0 saturated carbocycles. The summed E-state index contributed by atoms with van der Waals surface area (Å²) in [5.74, 6) is 0. The van der Waals surface area contributed by atoms with Crippen molar-refractivity contribution in [3.05, 3.63) is 90.3 Å². The number of non-ortho nitro benzene ring substituents is 2. The Hall–Kier alpha value is -4.36. The molecule has 160 valence electrons. The van der Waals surface area contributed by atoms with Crippen LogP contribution in [-0.4, -0.2) is 29.5 Å². The Bertz CT molecular complexity index is 1040. The molecule has 0 aromatic heterocycles. The minimum Gasteiger partial charge on any atom is -0.635 e. The molecule has 2 rings (SSSR count). The summed E-state index contributed by atoms with van der Waals surface area (Å²) >= 11 is 0. The monoisotopic (exact) mass is 461 g/mol. The van der Waals surface area contributed by atoms with Gasteiger partial charge in [-0.1, -0.05) is 0 Å². The van der Waals surface area contributed by atoms with Crippen LogP contribution in [0.25, 0.3) is 5.32 Å². The first-order chi connectivity index (χ1) is 14.3. The first-order valence-electron chi connectivity index (χ1n) is 7.29. The van der Waals surface area contributed by atoms with Crippen LogP contribution < -0.4 is 29.6 Å². The van der Waals surface area contributed by atoms with Gasteiger partial charge >= 0.3 is 29.6 Å². The topological polar surface area (TPSA) is 273 Å². The van der Waals surface area contributed by atoms with Gasteiger partial charge in [-0.25, -0.2) is 0 Å². The van der Waals surface area contributed by atoms with Gasteiger partial charge in [0.05, 0.1) is 53.8 Å². The predicted octanol–water partition coefficient (Wildman–Crippen LogP) is 0.477. The molecular formula is C12H4N7NaO12. The molecule has 0 N–H and O–H groups in total. The normalized spacial score (nSPS) is 9.88. The largest absolute Gasteiger partial charge is 1.00 e. The summed E-state index contributed by atoms with van der Waals surface area (Å²) in [6.07, 6.45) is 0. The van der Waals surface area contributed by atoms with E-state index >= 15 is 0 Å². The van der Waals surface area contributed by atoms with Gasteiger partial charge in [0.25, 0.3) is 34.1 Å². The summed E-state index contributed by atoms with van der Waals surface area (Å²) < 4.78 is 0. The SMILES string of the molecule is O=[N+]([O-])c1cc([N+](=O)[O-])c([N-]c2c([N+](=O)[O-])cc([N+](=O)[O-])cc2[N+](=O)[O-])c([N+](=O)[O-])c1.[Na+]. The molecule has 0 radical (unpaired) electrons. The Morgan fingerprint density at radius 2 is 0.688 bits per heavy atom. The molecule has 32 heavy (non-hydrogen) atoms. The van der Waals surface area contributed by atoms with Crippen LogP contribution in [0.5, 0.6) is 0 Å². The number of hydrogen-bond acceptors (Lipinski definition) is 12. The minimum atomic E-state index is -1.36. The molecular weight excluding hydrogens is 457 g/mol. The summed E-state index contributed by atoms with van der Waals surface area (Å²) in [5.41, 5.74) is -10.2. The molecule has 0 spiro atoms. The number of nitro groups is 6. The van der Waals surface area contributed by atoms with E-state index < -0.39 is 75.0 Å². The van der Waals surface area contributed by atoms with Gasteiger partial charge in [-0.3, -0.25) is 60.7 Å². The van der Waals surface area contributed by atoms with Crippen molar-refractivity contribution in [2.24, 2.45) is 0 Å². The van der Waals surface area contributed by atoms with Crippen LogP contribution >= 0.6 is 0 Å². The van der Waals surface area contributed by atoms with Gasteiger partial charge in [-0.15, -0.1) is 0 Å². The number of nitro benzene ring substituents is 6. The standard InChI is InChI=1S/C12H4N7O12.Na/c20-14(21)5-1-7(16(24)25)11(8(2-5)17(26)27)13-12-9(18(28)29)3-6(15(22)23)4-10(12)19(30)31;/h1-4H;/q-1;+1. The second-order valence-electron chi connectivity index (χ2n) is 5.32. The van der Waals surface area contributed by atoms with E-state index in [0.717, 1.165) is 0 Å². The third kappa shape index (κ3) is 5.03. The van der Waals surface area contributed by atoms with Crippen LogP contribution in [0.4, 0.5) is 45.5 Å². The predicted molar refractivity (Wildman–Crippen MR) is 95.5 cm³/mol. The van der Waals surface area contributed by atoms with E-state index in [0.29, 0.717) is 0 Å². The summed E-state index contributed by atoms with van der Waals surface area (Å²) in [6.45, 7) is 0. The Balaban J connectivity index is 0.00000512. The van der Waals surface area contributed by atoms with Gasteiger partial charge in [0.1, 0.15) is 0 Å². The van der Waals surface area contributed by atoms with E-state index in [9.17, 15) is 60.7 Å². The maximum Gasteiger partial charge on any atom is 1.00 e. The molecule has 20 heteroatoms. The van der Waals surface area contributed by atoms with Gasteiger partial charge in [-0.05, 0) is 0 Å². The molecule has 0 heterocycles. The minimum absolute atomic E-state index is 0. The van der Waals surface area contributed by atoms with Crippen LogP contribution in [0, 0.1) is 60.7 Å². The molecule has 0 bridgehead atoms. The summed E-state index contributed by atoms with van der Waals surface area (Å²) in [6, 6.07) is 1.04. The van der Waals surface area contributed by atoms with E-state index in [1.165, 1.54) is 0 Å². The molecule has 2 aromatic rings. The number of rotatable bonds is 8. The first-order valence-corrected chi connectivity index (χ1v) is 7.29. The zero-order valence-electron chi connectivity index (χ0n) is 15.3. The van der Waals surface area contributed by atoms with E-state index in [1.54, 1.807) is 0 Å². The van der Waals surface area contributed by atoms with Gasteiger partial charge in [0, 0.05) is 11.4 Å². The van der Waals surface area contributed by atoms with Crippen LogP contribution in [0.2, 0.25) is 0 Å². The fourth-order valence-corrected chi connectivity index (χ4v) is 2.29. The van der Waals surface area contributed by atoms with Crippen molar-refractivity contribution in [2.45, 2.75) is 0 Å². The quantitative estimate of drug-likeness (QED) is 0.295. The molecule has 0 fully saturated rings. The zero-order valence-corrected chi connectivity index (χ0v) is 17.3. The van der Waals surface area contributed by atoms with Crippen LogP contribution in [0.15, 0.2) is 24.3 Å². The molecule has 0 aliphatic heterocycles. The van der Waals surface area contributed by atoms with Crippen LogP contribution in [0.3, 0.4) is 0 Å². The third-order valence-corrected chi connectivity index (χ3v) is 3.54. The van der Waals surface area contributed by atoms with Crippen molar-refractivity contribution in [3.8, 4) is 0 Å². The maximum absolute atomic E-state index is 11.3. The summed E-state index contributed by atoms with van der Waals surface area (Å²) in [7, 11) is 0. The van der Waals surface area contributed by atoms with Gasteiger partial charge in [0.2, 0.25) is 0 Å². The Morgan fingerprint density at radius 3 is 0.844 bits per heavy atom. The molecule has 0 aliphatic rings. The van der Waals surface area contributed by atoms with Crippen molar-refractivity contribution in [2.75, 3.05) is 0 Å². The Labute approximate surface area is 194 Å². The van der Waals surface area contributed by atoms with Crippen molar-refractivity contribution < 1.29 is 59.1 Å². The molecule has 0 unspecified atom stereocenters. The zero-order chi connectivity index (χ0) is 23.6. The molecule has 2 aromatic carbocycles. The van der Waals surface area contributed by atoms with Crippen LogP contribution in [0.1, 0.15) is 0 Å². The van der Waals surface area contributed by atoms with Crippen molar-refractivity contribution in [3.63, 3.8) is 0 Å². The van der Waals surface area contributed by atoms with Gasteiger partial charge in [0.15, 0.2) is 0 Å². The third-order valence-electron chi connectivity index (χ3n) is 3.54. The number of benzene rings is 2. The average molecular weight is 461 g/mol. The molecule has 0 atom stereocenters. The van der Waals surface area contributed by atoms with E-state index in [4.69, 9.17) is 0 Å². The summed E-state index contributed by atoms with van der Waals surface area (Å²) in [4.78, 5) is 59.2. The number of hydrogen-bond donors (Lipinski definition) is 0. The molecule has 19 nitrogen and oxygen atoms in total. The van der Waals surface area contributed by atoms with Crippen LogP contribution in [-0.2, 0) is 0 Å². The maximum atomic E-state index is 11.3. The fourth-order valence-electron chi connectivity index (χ4n) is 2.29. The van der Waals surface area contributed by atoms with E-state index in [2.05, 4.69) is 5.32 Å². The average Bonchev–Trinajstić information content (AvgIpc) is 2.66. The Morgan fingerprint density at radius 1 is 0.469 bits per heavy atom. The van der Waals surface area contributed by atoms with Crippen molar-refractivity contribution in [1.82, 2.24) is 0 Å². The second-order valence-corrected chi connectivity index (χ2v) is 5.32. The van der Waals surface area contributed by atoms with Crippen molar-refractivity contribution in [1.29, 1.82) is 0 Å². The second kappa shape index (κ2) is 9.63. The fraction of sp³-hybridized carbons (Fsp3) is 0. The van der Waals surface area contributed by atoms with Gasteiger partial charge < -0.3 is 5.32 Å².